The molecule has 1 fully saturated rings. The van der Waals surface area contributed by atoms with E-state index >= 15 is 0 Å². The average Bonchev–Trinajstić information content (AvgIpc) is 2.91. The summed E-state index contributed by atoms with van der Waals surface area (Å²) in [6.07, 6.45) is 5.51. The first kappa shape index (κ1) is 16.4. The molecule has 7 nitrogen and oxygen atoms in total. The van der Waals surface area contributed by atoms with Gasteiger partial charge in [-0.2, -0.15) is 5.10 Å². The molecule has 0 radical (unpaired) electrons. The summed E-state index contributed by atoms with van der Waals surface area (Å²) in [5.41, 5.74) is 7.72. The van der Waals surface area contributed by atoms with Gasteiger partial charge < -0.3 is 15.4 Å². The van der Waals surface area contributed by atoms with Crippen LogP contribution in [0.15, 0.2) is 30.6 Å². The smallest absolute Gasteiger partial charge is 0.244 e. The minimum Gasteiger partial charge on any atom is -0.384 e. The third kappa shape index (κ3) is 4.11. The van der Waals surface area contributed by atoms with Gasteiger partial charge in [-0.05, 0) is 31.4 Å². The molecule has 3 heterocycles. The van der Waals surface area contributed by atoms with Crippen molar-refractivity contribution in [3.05, 3.63) is 41.9 Å². The van der Waals surface area contributed by atoms with Crippen LogP contribution in [0.5, 0.6) is 0 Å². The highest BCUT2D eigenvalue weighted by Crippen LogP contribution is 2.16. The quantitative estimate of drug-likeness (QED) is 0.895. The number of pyridine rings is 1. The van der Waals surface area contributed by atoms with E-state index in [1.807, 2.05) is 24.0 Å². The molecule has 7 heteroatoms. The molecule has 24 heavy (non-hydrogen) atoms. The Morgan fingerprint density at radius 2 is 2.38 bits per heavy atom. The lowest BCUT2D eigenvalue weighted by molar-refractivity contribution is -0.136. The van der Waals surface area contributed by atoms with Gasteiger partial charge in [-0.15, -0.1) is 0 Å². The van der Waals surface area contributed by atoms with Gasteiger partial charge in [-0.1, -0.05) is 6.07 Å². The molecule has 0 spiro atoms. The summed E-state index contributed by atoms with van der Waals surface area (Å²) < 4.78 is 7.50. The molecule has 1 amide bonds. The number of rotatable bonds is 5. The number of anilines is 1. The monoisotopic (exact) mass is 329 g/mol. The van der Waals surface area contributed by atoms with E-state index in [0.717, 1.165) is 30.6 Å². The van der Waals surface area contributed by atoms with E-state index in [4.69, 9.17) is 10.5 Å². The Kier molecular flexibility index (Phi) is 5.10. The van der Waals surface area contributed by atoms with Crippen molar-refractivity contribution in [2.75, 3.05) is 18.8 Å². The molecular weight excluding hydrogens is 306 g/mol. The van der Waals surface area contributed by atoms with E-state index < -0.39 is 0 Å². The number of aromatic nitrogens is 3. The summed E-state index contributed by atoms with van der Waals surface area (Å²) in [4.78, 5) is 18.4. The van der Waals surface area contributed by atoms with E-state index in [0.29, 0.717) is 19.0 Å². The van der Waals surface area contributed by atoms with Crippen molar-refractivity contribution in [1.82, 2.24) is 19.7 Å². The SMILES string of the molecule is Cc1cc(N)n(CC(=O)N2CCCC(OCc3cccnc3)C2)n1. The molecule has 2 aromatic heterocycles. The zero-order chi connectivity index (χ0) is 16.9. The second-order valence-electron chi connectivity index (χ2n) is 6.14. The first-order chi connectivity index (χ1) is 11.6. The van der Waals surface area contributed by atoms with Crippen molar-refractivity contribution in [1.29, 1.82) is 0 Å². The number of carbonyl (C=O) groups is 1. The molecule has 1 atom stereocenters. The molecule has 2 N–H and O–H groups in total. The van der Waals surface area contributed by atoms with Crippen LogP contribution in [0, 0.1) is 6.92 Å². The Balaban J connectivity index is 1.53. The van der Waals surface area contributed by atoms with Crippen molar-refractivity contribution in [3.8, 4) is 0 Å². The predicted octanol–water partition coefficient (Wildman–Crippen LogP) is 1.38. The Hall–Kier alpha value is -2.41. The summed E-state index contributed by atoms with van der Waals surface area (Å²) in [6, 6.07) is 5.65. The molecule has 1 aliphatic heterocycles. The minimum atomic E-state index is 0.0273. The summed E-state index contributed by atoms with van der Waals surface area (Å²) in [7, 11) is 0. The number of ether oxygens (including phenoxy) is 1. The molecule has 1 saturated heterocycles. The number of nitrogens with zero attached hydrogens (tertiary/aromatic N) is 4. The molecule has 1 unspecified atom stereocenters. The first-order valence-electron chi connectivity index (χ1n) is 8.20. The van der Waals surface area contributed by atoms with Crippen LogP contribution in [-0.4, -0.2) is 44.8 Å². The summed E-state index contributed by atoms with van der Waals surface area (Å²) in [5, 5.41) is 4.25. The molecular formula is C17H23N5O2. The number of aryl methyl sites for hydroxylation is 1. The molecule has 0 aliphatic carbocycles. The summed E-state index contributed by atoms with van der Waals surface area (Å²) in [5.74, 6) is 0.543. The maximum absolute atomic E-state index is 12.5. The predicted molar refractivity (Wildman–Crippen MR) is 90.0 cm³/mol. The number of nitrogen functional groups attached to an aromatic ring is 1. The van der Waals surface area contributed by atoms with E-state index in [2.05, 4.69) is 10.1 Å². The second-order valence-corrected chi connectivity index (χ2v) is 6.14. The van der Waals surface area contributed by atoms with Gasteiger partial charge in [0, 0.05) is 31.5 Å². The zero-order valence-electron chi connectivity index (χ0n) is 13.9. The maximum Gasteiger partial charge on any atom is 0.244 e. The van der Waals surface area contributed by atoms with Gasteiger partial charge in [-0.3, -0.25) is 9.78 Å². The number of hydrogen-bond donors (Lipinski definition) is 1. The molecule has 1 aliphatic rings. The van der Waals surface area contributed by atoms with Gasteiger partial charge in [0.1, 0.15) is 12.4 Å². The van der Waals surface area contributed by atoms with Crippen LogP contribution >= 0.6 is 0 Å². The molecule has 0 bridgehead atoms. The average molecular weight is 329 g/mol. The topological polar surface area (TPSA) is 86.3 Å². The highest BCUT2D eigenvalue weighted by molar-refractivity contribution is 5.76. The van der Waals surface area contributed by atoms with Gasteiger partial charge in [0.25, 0.3) is 0 Å². The lowest BCUT2D eigenvalue weighted by Gasteiger charge is -2.32. The van der Waals surface area contributed by atoms with E-state index in [1.54, 1.807) is 23.1 Å². The Labute approximate surface area is 141 Å². The molecule has 128 valence electrons. The van der Waals surface area contributed by atoms with Crippen LogP contribution < -0.4 is 5.73 Å². The fourth-order valence-corrected chi connectivity index (χ4v) is 2.92. The lowest BCUT2D eigenvalue weighted by atomic mass is 10.1. The van der Waals surface area contributed by atoms with E-state index in [-0.39, 0.29) is 18.6 Å². The normalized spacial score (nSPS) is 17.9. The van der Waals surface area contributed by atoms with Gasteiger partial charge >= 0.3 is 0 Å². The second kappa shape index (κ2) is 7.44. The highest BCUT2D eigenvalue weighted by atomic mass is 16.5. The van der Waals surface area contributed by atoms with Gasteiger partial charge in [0.15, 0.2) is 0 Å². The van der Waals surface area contributed by atoms with Crippen molar-refractivity contribution in [3.63, 3.8) is 0 Å². The largest absolute Gasteiger partial charge is 0.384 e. The van der Waals surface area contributed by atoms with E-state index in [9.17, 15) is 4.79 Å². The first-order valence-corrected chi connectivity index (χ1v) is 8.20. The van der Waals surface area contributed by atoms with Gasteiger partial charge in [0.2, 0.25) is 5.91 Å². The fraction of sp³-hybridized carbons (Fsp3) is 0.471. The summed E-state index contributed by atoms with van der Waals surface area (Å²) in [6.45, 7) is 3.92. The van der Waals surface area contributed by atoms with Crippen LogP contribution in [0.25, 0.3) is 0 Å². The van der Waals surface area contributed by atoms with Crippen LogP contribution in [0.4, 0.5) is 5.82 Å². The van der Waals surface area contributed by atoms with Crippen LogP contribution in [-0.2, 0) is 22.7 Å². The lowest BCUT2D eigenvalue weighted by Crippen LogP contribution is -2.44. The molecule has 0 aromatic carbocycles. The number of amides is 1. The Morgan fingerprint density at radius 1 is 1.50 bits per heavy atom. The van der Waals surface area contributed by atoms with Crippen molar-refractivity contribution < 1.29 is 9.53 Å². The summed E-state index contributed by atoms with van der Waals surface area (Å²) >= 11 is 0. The van der Waals surface area contributed by atoms with Crippen LogP contribution in [0.3, 0.4) is 0 Å². The molecule has 3 rings (SSSR count). The van der Waals surface area contributed by atoms with E-state index in [1.165, 1.54) is 0 Å². The van der Waals surface area contributed by atoms with Crippen molar-refractivity contribution in [2.24, 2.45) is 0 Å². The molecule has 2 aromatic rings. The highest BCUT2D eigenvalue weighted by Gasteiger charge is 2.24. The number of likely N-dealkylation sites (tertiary alicyclic amines) is 1. The number of hydrogen-bond acceptors (Lipinski definition) is 5. The van der Waals surface area contributed by atoms with Crippen molar-refractivity contribution >= 4 is 11.7 Å². The van der Waals surface area contributed by atoms with Crippen LogP contribution in [0.1, 0.15) is 24.1 Å². The maximum atomic E-state index is 12.5. The number of nitrogens with two attached hydrogens (primary N) is 1. The third-order valence-electron chi connectivity index (χ3n) is 4.16. The zero-order valence-corrected chi connectivity index (χ0v) is 13.9. The van der Waals surface area contributed by atoms with Crippen LogP contribution in [0.2, 0.25) is 0 Å². The Bertz CT molecular complexity index is 686. The standard InChI is InChI=1S/C17H23N5O2/c1-13-8-16(18)22(20-13)11-17(23)21-7-3-5-15(10-21)24-12-14-4-2-6-19-9-14/h2,4,6,8-9,15H,3,5,7,10-12,18H2,1H3. The third-order valence-corrected chi connectivity index (χ3v) is 4.16. The number of carbonyl (C=O) groups excluding carboxylic acids is 1. The Morgan fingerprint density at radius 3 is 3.08 bits per heavy atom. The van der Waals surface area contributed by atoms with Gasteiger partial charge in [-0.25, -0.2) is 4.68 Å². The minimum absolute atomic E-state index is 0.0273. The van der Waals surface area contributed by atoms with Gasteiger partial charge in [0.05, 0.1) is 18.4 Å². The fourth-order valence-electron chi connectivity index (χ4n) is 2.92. The number of piperidine rings is 1. The van der Waals surface area contributed by atoms with Crippen molar-refractivity contribution in [2.45, 2.75) is 39.0 Å². The molecule has 0 saturated carbocycles.